The molecule has 0 fully saturated rings. The number of halogens is 1. The Labute approximate surface area is 170 Å². The molecule has 2 aromatic carbocycles. The summed E-state index contributed by atoms with van der Waals surface area (Å²) in [5.41, 5.74) is 2.09. The summed E-state index contributed by atoms with van der Waals surface area (Å²) in [5.74, 6) is 0.742. The molecule has 0 spiro atoms. The van der Waals surface area contributed by atoms with Crippen LogP contribution in [0.1, 0.15) is 60.9 Å². The fourth-order valence-corrected chi connectivity index (χ4v) is 4.71. The molecule has 0 amide bonds. The number of hydrogen-bond donors (Lipinski definition) is 0. The summed E-state index contributed by atoms with van der Waals surface area (Å²) >= 11 is 6.60. The van der Waals surface area contributed by atoms with Gasteiger partial charge in [-0.1, -0.05) is 48.9 Å². The first-order valence-electron chi connectivity index (χ1n) is 10.1. The Balaban J connectivity index is 0.000000275. The van der Waals surface area contributed by atoms with Gasteiger partial charge in [-0.25, -0.2) is 0 Å². The lowest BCUT2D eigenvalue weighted by molar-refractivity contribution is 0.0968. The Morgan fingerprint density at radius 3 is 2.71 bits per heavy atom. The summed E-state index contributed by atoms with van der Waals surface area (Å²) in [7, 11) is 0. The first-order chi connectivity index (χ1) is 13.7. The zero-order valence-corrected chi connectivity index (χ0v) is 17.0. The zero-order valence-electron chi connectivity index (χ0n) is 16.2. The SMILES string of the molecule is C1=CCOC=C1.CCC1CCC(=O)c2c1ccc1c3c(cc(Cl)c21)=CCCC=3. The molecule has 1 atom stereocenters. The van der Waals surface area contributed by atoms with Gasteiger partial charge in [0.25, 0.3) is 0 Å². The second-order valence-electron chi connectivity index (χ2n) is 7.46. The maximum Gasteiger partial charge on any atom is 0.163 e. The molecule has 2 aromatic rings. The first-order valence-corrected chi connectivity index (χ1v) is 10.5. The Bertz CT molecular complexity index is 1080. The number of carbonyl (C=O) groups is 1. The van der Waals surface area contributed by atoms with Crippen LogP contribution in [-0.2, 0) is 4.74 Å². The van der Waals surface area contributed by atoms with E-state index in [-0.39, 0.29) is 5.78 Å². The third-order valence-corrected chi connectivity index (χ3v) is 6.08. The van der Waals surface area contributed by atoms with E-state index in [1.807, 2.05) is 24.3 Å². The zero-order chi connectivity index (χ0) is 19.5. The maximum atomic E-state index is 12.6. The van der Waals surface area contributed by atoms with Crippen LogP contribution in [0, 0.1) is 0 Å². The van der Waals surface area contributed by atoms with E-state index in [2.05, 4.69) is 31.2 Å². The minimum Gasteiger partial charge on any atom is -0.497 e. The van der Waals surface area contributed by atoms with Crippen LogP contribution >= 0.6 is 11.6 Å². The Morgan fingerprint density at radius 2 is 2.04 bits per heavy atom. The third-order valence-electron chi connectivity index (χ3n) is 5.78. The van der Waals surface area contributed by atoms with Gasteiger partial charge in [-0.3, -0.25) is 4.79 Å². The van der Waals surface area contributed by atoms with Gasteiger partial charge in [0.1, 0.15) is 6.61 Å². The Hall–Kier alpha value is -2.32. The molecule has 0 radical (unpaired) electrons. The van der Waals surface area contributed by atoms with E-state index >= 15 is 0 Å². The Morgan fingerprint density at radius 1 is 1.18 bits per heavy atom. The largest absolute Gasteiger partial charge is 0.497 e. The smallest absolute Gasteiger partial charge is 0.163 e. The van der Waals surface area contributed by atoms with E-state index in [0.29, 0.717) is 12.3 Å². The second-order valence-corrected chi connectivity index (χ2v) is 7.86. The topological polar surface area (TPSA) is 26.3 Å². The fraction of sp³-hybridized carbons (Fsp3) is 0.320. The van der Waals surface area contributed by atoms with Crippen molar-refractivity contribution >= 4 is 40.3 Å². The number of allylic oxidation sites excluding steroid dienone is 2. The van der Waals surface area contributed by atoms with Crippen molar-refractivity contribution in [2.24, 2.45) is 0 Å². The number of benzene rings is 2. The molecule has 3 aliphatic rings. The molecule has 5 rings (SSSR count). The molecule has 144 valence electrons. The number of rotatable bonds is 1. The van der Waals surface area contributed by atoms with Crippen LogP contribution in [0.5, 0.6) is 0 Å². The molecule has 0 N–H and O–H groups in total. The highest BCUT2D eigenvalue weighted by Gasteiger charge is 2.27. The number of Topliss-reactive ketones (excluding diaryl/α,β-unsaturated/α-hetero) is 1. The first kappa shape index (κ1) is 19.0. The maximum absolute atomic E-state index is 12.6. The summed E-state index contributed by atoms with van der Waals surface area (Å²) in [6, 6.07) is 6.38. The number of fused-ring (bicyclic) bond motifs is 5. The van der Waals surface area contributed by atoms with Crippen LogP contribution in [0.4, 0.5) is 0 Å². The molecule has 28 heavy (non-hydrogen) atoms. The van der Waals surface area contributed by atoms with Crippen LogP contribution in [0.15, 0.2) is 42.7 Å². The van der Waals surface area contributed by atoms with Crippen LogP contribution in [0.25, 0.3) is 22.9 Å². The molecule has 1 unspecified atom stereocenters. The molecular weight excluding hydrogens is 368 g/mol. The van der Waals surface area contributed by atoms with Gasteiger partial charge in [0, 0.05) is 22.4 Å². The second kappa shape index (κ2) is 8.36. The third kappa shape index (κ3) is 3.54. The van der Waals surface area contributed by atoms with Crippen molar-refractivity contribution in [1.29, 1.82) is 0 Å². The summed E-state index contributed by atoms with van der Waals surface area (Å²) in [6.45, 7) is 2.93. The highest BCUT2D eigenvalue weighted by Crippen LogP contribution is 2.38. The average Bonchev–Trinajstić information content (AvgIpc) is 2.75. The molecule has 1 heterocycles. The summed E-state index contributed by atoms with van der Waals surface area (Å²) in [5, 5.41) is 5.30. The van der Waals surface area contributed by atoms with Crippen molar-refractivity contribution in [1.82, 2.24) is 0 Å². The van der Waals surface area contributed by atoms with Gasteiger partial charge in [-0.15, -0.1) is 0 Å². The highest BCUT2D eigenvalue weighted by atomic mass is 35.5. The van der Waals surface area contributed by atoms with Crippen molar-refractivity contribution in [3.63, 3.8) is 0 Å². The minimum absolute atomic E-state index is 0.256. The van der Waals surface area contributed by atoms with Crippen molar-refractivity contribution in [3.05, 3.63) is 69.3 Å². The van der Waals surface area contributed by atoms with Gasteiger partial charge in [0.05, 0.1) is 6.26 Å². The van der Waals surface area contributed by atoms with E-state index in [0.717, 1.165) is 53.6 Å². The molecule has 0 saturated heterocycles. The Kier molecular flexibility index (Phi) is 5.68. The van der Waals surface area contributed by atoms with Gasteiger partial charge < -0.3 is 4.74 Å². The van der Waals surface area contributed by atoms with E-state index in [9.17, 15) is 4.79 Å². The normalized spacial score (nSPS) is 19.5. The lowest BCUT2D eigenvalue weighted by atomic mass is 9.78. The number of ether oxygens (including phenoxy) is 1. The van der Waals surface area contributed by atoms with E-state index in [4.69, 9.17) is 16.3 Å². The molecule has 0 saturated carbocycles. The van der Waals surface area contributed by atoms with Gasteiger partial charge in [0.15, 0.2) is 5.78 Å². The summed E-state index contributed by atoms with van der Waals surface area (Å²) in [6.07, 6.45) is 16.8. The predicted molar refractivity (Wildman–Crippen MR) is 117 cm³/mol. The van der Waals surface area contributed by atoms with Gasteiger partial charge in [-0.05, 0) is 71.2 Å². The number of hydrogen-bond acceptors (Lipinski definition) is 2. The standard InChI is InChI=1S/C20H19ClO.C5H6O/c1-2-12-7-10-18(22)20-15(12)8-9-16-14-6-4-3-5-13(14)11-17(21)19(16)20;1-2-4-6-5-3-1/h5-6,8-9,11-12H,2-4,7,10H2,1H3;1-4H,5H2. The average molecular weight is 393 g/mol. The van der Waals surface area contributed by atoms with Gasteiger partial charge in [-0.2, -0.15) is 0 Å². The van der Waals surface area contributed by atoms with Crippen molar-refractivity contribution < 1.29 is 9.53 Å². The van der Waals surface area contributed by atoms with E-state index < -0.39 is 0 Å². The molecule has 0 bridgehead atoms. The van der Waals surface area contributed by atoms with E-state index in [1.165, 1.54) is 16.0 Å². The quantitative estimate of drug-likeness (QED) is 0.649. The number of ketones is 1. The fourth-order valence-electron chi connectivity index (χ4n) is 4.39. The highest BCUT2D eigenvalue weighted by molar-refractivity contribution is 6.37. The summed E-state index contributed by atoms with van der Waals surface area (Å²) in [4.78, 5) is 12.6. The van der Waals surface area contributed by atoms with Crippen molar-refractivity contribution in [3.8, 4) is 0 Å². The monoisotopic (exact) mass is 392 g/mol. The van der Waals surface area contributed by atoms with Crippen LogP contribution in [0.3, 0.4) is 0 Å². The molecule has 0 aromatic heterocycles. The van der Waals surface area contributed by atoms with Gasteiger partial charge in [0.2, 0.25) is 0 Å². The lowest BCUT2D eigenvalue weighted by Gasteiger charge is -2.25. The minimum atomic E-state index is 0.256. The summed E-state index contributed by atoms with van der Waals surface area (Å²) < 4.78 is 4.80. The molecular formula is C25H25ClO2. The molecule has 3 heteroatoms. The van der Waals surface area contributed by atoms with Crippen LogP contribution < -0.4 is 10.4 Å². The van der Waals surface area contributed by atoms with E-state index in [1.54, 1.807) is 6.26 Å². The van der Waals surface area contributed by atoms with Gasteiger partial charge >= 0.3 is 0 Å². The molecule has 1 aliphatic heterocycles. The van der Waals surface area contributed by atoms with Crippen molar-refractivity contribution in [2.75, 3.05) is 6.61 Å². The molecule has 2 aliphatic carbocycles. The molecule has 2 nitrogen and oxygen atoms in total. The number of carbonyl (C=O) groups excluding carboxylic acids is 1. The van der Waals surface area contributed by atoms with Crippen LogP contribution in [0.2, 0.25) is 5.02 Å². The van der Waals surface area contributed by atoms with Crippen LogP contribution in [-0.4, -0.2) is 12.4 Å². The lowest BCUT2D eigenvalue weighted by Crippen LogP contribution is -2.28. The van der Waals surface area contributed by atoms with Crippen molar-refractivity contribution in [2.45, 2.75) is 44.9 Å². The predicted octanol–water partition coefficient (Wildman–Crippen LogP) is 5.40.